The summed E-state index contributed by atoms with van der Waals surface area (Å²) in [4.78, 5) is 0. The monoisotopic (exact) mass is 400 g/mol. The van der Waals surface area contributed by atoms with Gasteiger partial charge in [0, 0.05) is 6.61 Å². The number of hydrogen-bond donors (Lipinski definition) is 3. The Morgan fingerprint density at radius 3 is 2.04 bits per heavy atom. The van der Waals surface area contributed by atoms with E-state index in [1.807, 2.05) is 0 Å². The molecular formula is C23H44O5. The largest absolute Gasteiger partial charge is 0.388 e. The summed E-state index contributed by atoms with van der Waals surface area (Å²) in [5, 5.41) is 29.0. The highest BCUT2D eigenvalue weighted by Crippen LogP contribution is 2.18. The lowest BCUT2D eigenvalue weighted by molar-refractivity contribution is -0.0813. The van der Waals surface area contributed by atoms with Gasteiger partial charge in [-0.2, -0.15) is 0 Å². The van der Waals surface area contributed by atoms with Crippen LogP contribution in [0, 0.1) is 0 Å². The summed E-state index contributed by atoms with van der Waals surface area (Å²) < 4.78 is 10.7. The van der Waals surface area contributed by atoms with Crippen LogP contribution in [-0.2, 0) is 9.47 Å². The molecular weight excluding hydrogens is 356 g/mol. The van der Waals surface area contributed by atoms with Gasteiger partial charge in [-0.1, -0.05) is 70.4 Å². The first-order valence-electron chi connectivity index (χ1n) is 11.5. The lowest BCUT2D eigenvalue weighted by Crippen LogP contribution is -2.40. The predicted octanol–water partition coefficient (Wildman–Crippen LogP) is 4.13. The molecule has 1 aliphatic heterocycles. The maximum Gasteiger partial charge on any atom is 0.114 e. The molecule has 4 atom stereocenters. The van der Waals surface area contributed by atoms with Crippen molar-refractivity contribution >= 4 is 0 Å². The van der Waals surface area contributed by atoms with Gasteiger partial charge in [-0.3, -0.25) is 0 Å². The third-order valence-electron chi connectivity index (χ3n) is 5.41. The molecule has 0 unspecified atom stereocenters. The first kappa shape index (κ1) is 25.6. The van der Waals surface area contributed by atoms with E-state index in [0.29, 0.717) is 6.61 Å². The average molecular weight is 401 g/mol. The molecule has 1 fully saturated rings. The van der Waals surface area contributed by atoms with Crippen LogP contribution in [0.25, 0.3) is 0 Å². The highest BCUT2D eigenvalue weighted by atomic mass is 16.5. The summed E-state index contributed by atoms with van der Waals surface area (Å²) in [6.45, 7) is 3.08. The van der Waals surface area contributed by atoms with Crippen molar-refractivity contribution in [1.82, 2.24) is 0 Å². The Labute approximate surface area is 172 Å². The van der Waals surface area contributed by atoms with Crippen LogP contribution in [0.2, 0.25) is 0 Å². The SMILES string of the molecule is CCCCCC/C=C/CCCCCCCCCOC[C@@H](O)[C@H]1OC[C@H](O)[C@H]1O. The third kappa shape index (κ3) is 12.2. The number of unbranched alkanes of at least 4 members (excludes halogenated alkanes) is 11. The van der Waals surface area contributed by atoms with Gasteiger partial charge in [0.2, 0.25) is 0 Å². The second-order valence-electron chi connectivity index (χ2n) is 8.08. The van der Waals surface area contributed by atoms with E-state index < -0.39 is 24.4 Å². The van der Waals surface area contributed by atoms with Gasteiger partial charge in [0.25, 0.3) is 0 Å². The van der Waals surface area contributed by atoms with E-state index in [1.54, 1.807) is 0 Å². The molecule has 1 saturated heterocycles. The van der Waals surface area contributed by atoms with Crippen molar-refractivity contribution in [3.05, 3.63) is 12.2 Å². The highest BCUT2D eigenvalue weighted by Gasteiger charge is 2.39. The fraction of sp³-hybridized carbons (Fsp3) is 0.913. The number of ether oxygens (including phenoxy) is 2. The van der Waals surface area contributed by atoms with E-state index in [-0.39, 0.29) is 13.2 Å². The van der Waals surface area contributed by atoms with Crippen molar-refractivity contribution in [2.24, 2.45) is 0 Å². The Kier molecular flexibility index (Phi) is 15.9. The molecule has 0 spiro atoms. The quantitative estimate of drug-likeness (QED) is 0.238. The predicted molar refractivity (Wildman–Crippen MR) is 113 cm³/mol. The van der Waals surface area contributed by atoms with Gasteiger partial charge in [0.15, 0.2) is 0 Å². The van der Waals surface area contributed by atoms with Gasteiger partial charge < -0.3 is 24.8 Å². The molecule has 0 radical (unpaired) electrons. The van der Waals surface area contributed by atoms with Crippen LogP contribution in [0.5, 0.6) is 0 Å². The molecule has 1 heterocycles. The maximum absolute atomic E-state index is 9.94. The Hall–Kier alpha value is -0.460. The fourth-order valence-corrected chi connectivity index (χ4v) is 3.54. The van der Waals surface area contributed by atoms with E-state index in [9.17, 15) is 15.3 Å². The van der Waals surface area contributed by atoms with Crippen LogP contribution in [0.15, 0.2) is 12.2 Å². The van der Waals surface area contributed by atoms with Crippen molar-refractivity contribution in [2.75, 3.05) is 19.8 Å². The maximum atomic E-state index is 9.94. The van der Waals surface area contributed by atoms with Crippen LogP contribution in [0.4, 0.5) is 0 Å². The molecule has 5 heteroatoms. The summed E-state index contributed by atoms with van der Waals surface area (Å²) >= 11 is 0. The molecule has 0 saturated carbocycles. The minimum atomic E-state index is -1.03. The van der Waals surface area contributed by atoms with E-state index in [2.05, 4.69) is 19.1 Å². The summed E-state index contributed by atoms with van der Waals surface area (Å²) in [6, 6.07) is 0. The molecule has 0 amide bonds. The summed E-state index contributed by atoms with van der Waals surface area (Å²) in [5.41, 5.74) is 0. The van der Waals surface area contributed by atoms with Crippen LogP contribution in [-0.4, -0.2) is 59.6 Å². The molecule has 28 heavy (non-hydrogen) atoms. The van der Waals surface area contributed by atoms with E-state index >= 15 is 0 Å². The van der Waals surface area contributed by atoms with E-state index in [4.69, 9.17) is 9.47 Å². The Morgan fingerprint density at radius 2 is 1.46 bits per heavy atom. The Morgan fingerprint density at radius 1 is 0.893 bits per heavy atom. The first-order valence-corrected chi connectivity index (χ1v) is 11.5. The van der Waals surface area contributed by atoms with Gasteiger partial charge in [-0.05, 0) is 32.1 Å². The fourth-order valence-electron chi connectivity index (χ4n) is 3.54. The highest BCUT2D eigenvalue weighted by molar-refractivity contribution is 4.87. The standard InChI is InChI=1S/C23H44O5/c1-2-3-4-5-6-7-8-9-10-11-12-13-14-15-16-17-27-18-21(25)23-22(26)20(24)19-28-23/h7-8,20-26H,2-6,9-19H2,1H3/b8-7+/t20-,21+,22+,23+/m0/s1. The summed E-state index contributed by atoms with van der Waals surface area (Å²) in [5.74, 6) is 0. The molecule has 5 nitrogen and oxygen atoms in total. The van der Waals surface area contributed by atoms with Crippen molar-refractivity contribution in [3.8, 4) is 0 Å². The molecule has 1 rings (SSSR count). The lowest BCUT2D eigenvalue weighted by atomic mass is 10.1. The zero-order chi connectivity index (χ0) is 20.5. The van der Waals surface area contributed by atoms with Gasteiger partial charge in [0.1, 0.15) is 24.4 Å². The number of hydrogen-bond acceptors (Lipinski definition) is 5. The van der Waals surface area contributed by atoms with Crippen molar-refractivity contribution in [3.63, 3.8) is 0 Å². The number of aliphatic hydroxyl groups excluding tert-OH is 3. The smallest absolute Gasteiger partial charge is 0.114 e. The normalized spacial score (nSPS) is 23.6. The van der Waals surface area contributed by atoms with Crippen LogP contribution in [0.3, 0.4) is 0 Å². The zero-order valence-electron chi connectivity index (χ0n) is 17.9. The second kappa shape index (κ2) is 17.4. The Bertz CT molecular complexity index is 374. The third-order valence-corrected chi connectivity index (χ3v) is 5.41. The molecule has 166 valence electrons. The van der Waals surface area contributed by atoms with E-state index in [0.717, 1.165) is 12.8 Å². The molecule has 0 aromatic rings. The molecule has 0 aliphatic carbocycles. The van der Waals surface area contributed by atoms with Crippen molar-refractivity contribution in [2.45, 2.75) is 115 Å². The van der Waals surface area contributed by atoms with Gasteiger partial charge in [-0.15, -0.1) is 0 Å². The summed E-state index contributed by atoms with van der Waals surface area (Å²) in [6.07, 6.45) is 17.6. The average Bonchev–Trinajstić information content (AvgIpc) is 3.03. The number of rotatable bonds is 18. The molecule has 3 N–H and O–H groups in total. The number of aliphatic hydroxyl groups is 3. The van der Waals surface area contributed by atoms with E-state index in [1.165, 1.54) is 70.6 Å². The van der Waals surface area contributed by atoms with Crippen molar-refractivity contribution in [1.29, 1.82) is 0 Å². The second-order valence-corrected chi connectivity index (χ2v) is 8.08. The Balaban J connectivity index is 1.79. The van der Waals surface area contributed by atoms with Crippen LogP contribution < -0.4 is 0 Å². The topological polar surface area (TPSA) is 79.2 Å². The van der Waals surface area contributed by atoms with Crippen molar-refractivity contribution < 1.29 is 24.8 Å². The van der Waals surface area contributed by atoms with Gasteiger partial charge in [-0.25, -0.2) is 0 Å². The molecule has 0 aromatic heterocycles. The summed E-state index contributed by atoms with van der Waals surface area (Å²) in [7, 11) is 0. The van der Waals surface area contributed by atoms with Gasteiger partial charge >= 0.3 is 0 Å². The van der Waals surface area contributed by atoms with Crippen LogP contribution in [0.1, 0.15) is 90.4 Å². The minimum absolute atomic E-state index is 0.0677. The van der Waals surface area contributed by atoms with Gasteiger partial charge in [0.05, 0.1) is 13.2 Å². The first-order chi connectivity index (χ1) is 13.7. The number of allylic oxidation sites excluding steroid dienone is 2. The lowest BCUT2D eigenvalue weighted by Gasteiger charge is -2.20. The minimum Gasteiger partial charge on any atom is -0.388 e. The zero-order valence-corrected chi connectivity index (χ0v) is 17.9. The van der Waals surface area contributed by atoms with Crippen LogP contribution >= 0.6 is 0 Å². The molecule has 0 bridgehead atoms. The molecule has 1 aliphatic rings. The molecule has 0 aromatic carbocycles.